The van der Waals surface area contributed by atoms with Crippen molar-refractivity contribution in [2.45, 2.75) is 13.3 Å². The van der Waals surface area contributed by atoms with Crippen molar-refractivity contribution < 1.29 is 9.59 Å². The highest BCUT2D eigenvalue weighted by Gasteiger charge is 2.25. The van der Waals surface area contributed by atoms with Gasteiger partial charge < -0.3 is 10.2 Å². The normalized spacial score (nSPS) is 12.6. The van der Waals surface area contributed by atoms with Gasteiger partial charge in [-0.05, 0) is 61.4 Å². The van der Waals surface area contributed by atoms with Crippen LogP contribution in [0.5, 0.6) is 0 Å². The summed E-state index contributed by atoms with van der Waals surface area (Å²) in [5.74, 6) is -0.129. The lowest BCUT2D eigenvalue weighted by Gasteiger charge is -2.17. The summed E-state index contributed by atoms with van der Waals surface area (Å²) in [6.45, 7) is 2.64. The summed E-state index contributed by atoms with van der Waals surface area (Å²) in [6, 6.07) is 22.5. The molecule has 0 saturated heterocycles. The predicted molar refractivity (Wildman–Crippen MR) is 107 cm³/mol. The third-order valence-electron chi connectivity index (χ3n) is 4.81. The van der Waals surface area contributed by atoms with Crippen LogP contribution in [0.2, 0.25) is 0 Å². The van der Waals surface area contributed by atoms with Crippen molar-refractivity contribution in [2.24, 2.45) is 0 Å². The van der Waals surface area contributed by atoms with Crippen LogP contribution in [0, 0.1) is 6.92 Å². The maximum atomic E-state index is 12.7. The lowest BCUT2D eigenvalue weighted by molar-refractivity contribution is 0.0987. The molecule has 0 aromatic heterocycles. The third-order valence-corrected chi connectivity index (χ3v) is 4.81. The van der Waals surface area contributed by atoms with Crippen LogP contribution in [0.3, 0.4) is 0 Å². The Morgan fingerprint density at radius 2 is 1.63 bits per heavy atom. The molecule has 0 spiro atoms. The van der Waals surface area contributed by atoms with Gasteiger partial charge in [0.25, 0.3) is 11.8 Å². The molecular formula is C23H20N2O2. The minimum atomic E-state index is -0.134. The van der Waals surface area contributed by atoms with E-state index in [9.17, 15) is 9.59 Å². The Kier molecular flexibility index (Phi) is 4.47. The molecule has 3 aromatic carbocycles. The number of carbonyl (C=O) groups is 2. The highest BCUT2D eigenvalue weighted by atomic mass is 16.2. The van der Waals surface area contributed by atoms with E-state index in [1.165, 1.54) is 0 Å². The van der Waals surface area contributed by atoms with E-state index < -0.39 is 0 Å². The SMILES string of the molecule is Cc1ccc(C(=O)Nc2ccc3c(c2)CCN3C(=O)c2ccccc2)cc1. The monoisotopic (exact) mass is 356 g/mol. The highest BCUT2D eigenvalue weighted by molar-refractivity contribution is 6.08. The average molecular weight is 356 g/mol. The fourth-order valence-corrected chi connectivity index (χ4v) is 3.34. The van der Waals surface area contributed by atoms with Gasteiger partial charge in [-0.15, -0.1) is 0 Å². The van der Waals surface area contributed by atoms with Crippen molar-refractivity contribution in [3.63, 3.8) is 0 Å². The molecule has 4 heteroatoms. The van der Waals surface area contributed by atoms with Gasteiger partial charge >= 0.3 is 0 Å². The Balaban J connectivity index is 1.52. The van der Waals surface area contributed by atoms with Gasteiger partial charge in [0, 0.05) is 29.0 Å². The summed E-state index contributed by atoms with van der Waals surface area (Å²) in [5.41, 5.74) is 5.16. The summed E-state index contributed by atoms with van der Waals surface area (Å²) >= 11 is 0. The highest BCUT2D eigenvalue weighted by Crippen LogP contribution is 2.31. The maximum absolute atomic E-state index is 12.7. The maximum Gasteiger partial charge on any atom is 0.258 e. The Labute approximate surface area is 158 Å². The first-order valence-corrected chi connectivity index (χ1v) is 9.00. The minimum Gasteiger partial charge on any atom is -0.322 e. The minimum absolute atomic E-state index is 0.00536. The summed E-state index contributed by atoms with van der Waals surface area (Å²) in [4.78, 5) is 27.0. The van der Waals surface area contributed by atoms with E-state index in [1.54, 1.807) is 4.90 Å². The second-order valence-corrected chi connectivity index (χ2v) is 6.74. The second-order valence-electron chi connectivity index (χ2n) is 6.74. The summed E-state index contributed by atoms with van der Waals surface area (Å²) in [7, 11) is 0. The molecule has 0 saturated carbocycles. The van der Waals surface area contributed by atoms with Crippen LogP contribution in [-0.2, 0) is 6.42 Å². The molecular weight excluding hydrogens is 336 g/mol. The number of rotatable bonds is 3. The number of aryl methyl sites for hydroxylation is 1. The lowest BCUT2D eigenvalue weighted by Crippen LogP contribution is -2.28. The van der Waals surface area contributed by atoms with Gasteiger partial charge in [0.15, 0.2) is 0 Å². The molecule has 0 bridgehead atoms. The topological polar surface area (TPSA) is 49.4 Å². The molecule has 134 valence electrons. The number of nitrogens with one attached hydrogen (secondary N) is 1. The zero-order chi connectivity index (χ0) is 18.8. The van der Waals surface area contributed by atoms with Gasteiger partial charge in [-0.25, -0.2) is 0 Å². The van der Waals surface area contributed by atoms with Crippen molar-refractivity contribution in [3.05, 3.63) is 95.1 Å². The fourth-order valence-electron chi connectivity index (χ4n) is 3.34. The number of nitrogens with zero attached hydrogens (tertiary/aromatic N) is 1. The van der Waals surface area contributed by atoms with Gasteiger partial charge in [0.1, 0.15) is 0 Å². The van der Waals surface area contributed by atoms with E-state index in [2.05, 4.69) is 5.32 Å². The number of anilines is 2. The first-order chi connectivity index (χ1) is 13.1. The molecule has 0 unspecified atom stereocenters. The van der Waals surface area contributed by atoms with Gasteiger partial charge in [-0.1, -0.05) is 35.9 Å². The molecule has 2 amide bonds. The zero-order valence-electron chi connectivity index (χ0n) is 15.1. The van der Waals surface area contributed by atoms with Crippen molar-refractivity contribution in [1.29, 1.82) is 0 Å². The molecule has 1 aliphatic heterocycles. The van der Waals surface area contributed by atoms with E-state index in [1.807, 2.05) is 79.7 Å². The van der Waals surface area contributed by atoms with E-state index in [0.29, 0.717) is 17.7 Å². The second kappa shape index (κ2) is 7.08. The molecule has 27 heavy (non-hydrogen) atoms. The molecule has 0 radical (unpaired) electrons. The van der Waals surface area contributed by atoms with Crippen LogP contribution < -0.4 is 10.2 Å². The number of amides is 2. The van der Waals surface area contributed by atoms with Crippen molar-refractivity contribution in [1.82, 2.24) is 0 Å². The molecule has 4 rings (SSSR count). The number of hydrogen-bond donors (Lipinski definition) is 1. The number of hydrogen-bond acceptors (Lipinski definition) is 2. The van der Waals surface area contributed by atoms with E-state index in [0.717, 1.165) is 28.9 Å². The van der Waals surface area contributed by atoms with Crippen LogP contribution in [0.25, 0.3) is 0 Å². The molecule has 3 aromatic rings. The van der Waals surface area contributed by atoms with Crippen LogP contribution in [0.1, 0.15) is 31.8 Å². The van der Waals surface area contributed by atoms with Gasteiger partial charge in [-0.2, -0.15) is 0 Å². The third kappa shape index (κ3) is 3.47. The van der Waals surface area contributed by atoms with E-state index in [4.69, 9.17) is 0 Å². The molecule has 0 aliphatic carbocycles. The molecule has 0 fully saturated rings. The molecule has 1 N–H and O–H groups in total. The average Bonchev–Trinajstić information content (AvgIpc) is 3.11. The largest absolute Gasteiger partial charge is 0.322 e. The first-order valence-electron chi connectivity index (χ1n) is 9.00. The molecule has 1 heterocycles. The fraction of sp³-hybridized carbons (Fsp3) is 0.130. The van der Waals surface area contributed by atoms with Crippen molar-refractivity contribution >= 4 is 23.2 Å². The number of benzene rings is 3. The smallest absolute Gasteiger partial charge is 0.258 e. The van der Waals surface area contributed by atoms with Crippen molar-refractivity contribution in [3.8, 4) is 0 Å². The Bertz CT molecular complexity index is 995. The summed E-state index contributed by atoms with van der Waals surface area (Å²) in [5, 5.41) is 2.94. The van der Waals surface area contributed by atoms with Crippen LogP contribution in [0.4, 0.5) is 11.4 Å². The number of fused-ring (bicyclic) bond motifs is 1. The first kappa shape index (κ1) is 17.0. The van der Waals surface area contributed by atoms with E-state index >= 15 is 0 Å². The van der Waals surface area contributed by atoms with Crippen LogP contribution in [0.15, 0.2) is 72.8 Å². The summed E-state index contributed by atoms with van der Waals surface area (Å²) in [6.07, 6.45) is 0.780. The lowest BCUT2D eigenvalue weighted by atomic mass is 10.1. The summed E-state index contributed by atoms with van der Waals surface area (Å²) < 4.78 is 0. The molecule has 1 aliphatic rings. The predicted octanol–water partition coefficient (Wildman–Crippen LogP) is 4.45. The van der Waals surface area contributed by atoms with Gasteiger partial charge in [0.05, 0.1) is 0 Å². The Morgan fingerprint density at radius 3 is 2.37 bits per heavy atom. The Morgan fingerprint density at radius 1 is 0.889 bits per heavy atom. The van der Waals surface area contributed by atoms with Crippen LogP contribution >= 0.6 is 0 Å². The molecule has 0 atom stereocenters. The standard InChI is InChI=1S/C23H20N2O2/c1-16-7-9-17(10-8-16)22(26)24-20-11-12-21-19(15-20)13-14-25(21)23(27)18-5-3-2-4-6-18/h2-12,15H,13-14H2,1H3,(H,24,26). The van der Waals surface area contributed by atoms with Crippen molar-refractivity contribution in [2.75, 3.05) is 16.8 Å². The van der Waals surface area contributed by atoms with E-state index in [-0.39, 0.29) is 11.8 Å². The van der Waals surface area contributed by atoms with Gasteiger partial charge in [-0.3, -0.25) is 9.59 Å². The van der Waals surface area contributed by atoms with Crippen LogP contribution in [-0.4, -0.2) is 18.4 Å². The Hall–Kier alpha value is -3.40. The quantitative estimate of drug-likeness (QED) is 0.754. The molecule has 4 nitrogen and oxygen atoms in total. The number of carbonyl (C=O) groups excluding carboxylic acids is 2. The zero-order valence-corrected chi connectivity index (χ0v) is 15.1. The van der Waals surface area contributed by atoms with Gasteiger partial charge in [0.2, 0.25) is 0 Å².